The number of nitrogens with zero attached hydrogens (tertiary/aromatic N) is 2. The molecule has 0 unspecified atom stereocenters. The van der Waals surface area contributed by atoms with Gasteiger partial charge in [-0.3, -0.25) is 9.69 Å². The molecule has 3 aliphatic rings. The van der Waals surface area contributed by atoms with Crippen LogP contribution in [0.4, 0.5) is 0 Å². The van der Waals surface area contributed by atoms with Crippen LogP contribution in [-0.4, -0.2) is 61.2 Å². The highest BCUT2D eigenvalue weighted by atomic mass is 16.5. The lowest BCUT2D eigenvalue weighted by Gasteiger charge is -2.38. The standard InChI is InChI=1S/C17H22N2O3/c1-18-11-17(22-10-16(18)20)5-6-19(12-17)9-13-2-3-15-14(8-13)4-7-21-15/h2-3,8H,4-7,9-12H2,1H3/t17-/m1/s1. The molecule has 1 atom stereocenters. The number of ether oxygens (including phenoxy) is 2. The average molecular weight is 302 g/mol. The van der Waals surface area contributed by atoms with E-state index in [1.807, 2.05) is 7.05 Å². The average Bonchev–Trinajstić information content (AvgIpc) is 3.11. The molecular weight excluding hydrogens is 280 g/mol. The molecule has 118 valence electrons. The lowest BCUT2D eigenvalue weighted by atomic mass is 10.0. The van der Waals surface area contributed by atoms with Crippen LogP contribution in [0.3, 0.4) is 0 Å². The predicted molar refractivity (Wildman–Crippen MR) is 81.9 cm³/mol. The lowest BCUT2D eigenvalue weighted by Crippen LogP contribution is -2.54. The Bertz CT molecular complexity index is 604. The van der Waals surface area contributed by atoms with E-state index in [0.29, 0.717) is 6.54 Å². The molecule has 22 heavy (non-hydrogen) atoms. The Morgan fingerprint density at radius 2 is 2.23 bits per heavy atom. The van der Waals surface area contributed by atoms with E-state index in [2.05, 4.69) is 23.1 Å². The fourth-order valence-electron chi connectivity index (χ4n) is 3.80. The maximum Gasteiger partial charge on any atom is 0.248 e. The Morgan fingerprint density at radius 1 is 1.32 bits per heavy atom. The van der Waals surface area contributed by atoms with E-state index >= 15 is 0 Å². The molecular formula is C17H22N2O3. The number of carbonyl (C=O) groups excluding carboxylic acids is 1. The summed E-state index contributed by atoms with van der Waals surface area (Å²) in [4.78, 5) is 15.8. The zero-order valence-electron chi connectivity index (χ0n) is 13.0. The first-order valence-corrected chi connectivity index (χ1v) is 7.98. The van der Waals surface area contributed by atoms with Crippen LogP contribution in [0, 0.1) is 0 Å². The van der Waals surface area contributed by atoms with Crippen LogP contribution in [-0.2, 0) is 22.5 Å². The van der Waals surface area contributed by atoms with Gasteiger partial charge < -0.3 is 14.4 Å². The van der Waals surface area contributed by atoms with Crippen molar-refractivity contribution in [3.05, 3.63) is 29.3 Å². The summed E-state index contributed by atoms with van der Waals surface area (Å²) in [6.45, 7) is 4.60. The maximum atomic E-state index is 11.6. The number of amides is 1. The highest BCUT2D eigenvalue weighted by Gasteiger charge is 2.43. The first-order chi connectivity index (χ1) is 10.6. The third kappa shape index (κ3) is 2.48. The fraction of sp³-hybridized carbons (Fsp3) is 0.588. The Labute approximate surface area is 130 Å². The van der Waals surface area contributed by atoms with Gasteiger partial charge in [0.05, 0.1) is 13.2 Å². The zero-order valence-corrected chi connectivity index (χ0v) is 13.0. The fourth-order valence-corrected chi connectivity index (χ4v) is 3.80. The van der Waals surface area contributed by atoms with Crippen molar-refractivity contribution < 1.29 is 14.3 Å². The van der Waals surface area contributed by atoms with Gasteiger partial charge >= 0.3 is 0 Å². The molecule has 5 nitrogen and oxygen atoms in total. The van der Waals surface area contributed by atoms with Gasteiger partial charge in [0.1, 0.15) is 18.0 Å². The van der Waals surface area contributed by atoms with Crippen LogP contribution in [0.1, 0.15) is 17.5 Å². The number of hydrogen-bond donors (Lipinski definition) is 0. The van der Waals surface area contributed by atoms with E-state index in [1.54, 1.807) is 4.90 Å². The summed E-state index contributed by atoms with van der Waals surface area (Å²) < 4.78 is 11.5. The van der Waals surface area contributed by atoms with Crippen molar-refractivity contribution in [3.63, 3.8) is 0 Å². The van der Waals surface area contributed by atoms with Crippen LogP contribution in [0.2, 0.25) is 0 Å². The summed E-state index contributed by atoms with van der Waals surface area (Å²) in [6, 6.07) is 6.52. The maximum absolute atomic E-state index is 11.6. The van der Waals surface area contributed by atoms with Crippen molar-refractivity contribution in [2.75, 3.05) is 39.9 Å². The summed E-state index contributed by atoms with van der Waals surface area (Å²) in [5.41, 5.74) is 2.50. The van der Waals surface area contributed by atoms with Gasteiger partial charge in [0.25, 0.3) is 0 Å². The van der Waals surface area contributed by atoms with Crippen molar-refractivity contribution in [3.8, 4) is 5.75 Å². The molecule has 1 aromatic rings. The Morgan fingerprint density at radius 3 is 3.09 bits per heavy atom. The van der Waals surface area contributed by atoms with Crippen molar-refractivity contribution >= 4 is 5.91 Å². The molecule has 1 aromatic carbocycles. The molecule has 0 aromatic heterocycles. The number of morpholine rings is 1. The number of benzene rings is 1. The normalized spacial score (nSPS) is 28.2. The number of likely N-dealkylation sites (N-methyl/N-ethyl adjacent to an activating group) is 1. The van der Waals surface area contributed by atoms with Crippen LogP contribution in [0.25, 0.3) is 0 Å². The summed E-state index contributed by atoms with van der Waals surface area (Å²) in [6.07, 6.45) is 2.02. The van der Waals surface area contributed by atoms with Gasteiger partial charge in [-0.05, 0) is 23.6 Å². The first kappa shape index (κ1) is 14.0. The Hall–Kier alpha value is -1.59. The molecule has 2 saturated heterocycles. The summed E-state index contributed by atoms with van der Waals surface area (Å²) in [7, 11) is 1.87. The van der Waals surface area contributed by atoms with Crippen molar-refractivity contribution in [2.24, 2.45) is 0 Å². The second-order valence-electron chi connectivity index (χ2n) is 6.72. The molecule has 0 N–H and O–H groups in total. The number of carbonyl (C=O) groups is 1. The van der Waals surface area contributed by atoms with E-state index < -0.39 is 0 Å². The topological polar surface area (TPSA) is 42.0 Å². The molecule has 0 bridgehead atoms. The van der Waals surface area contributed by atoms with Crippen molar-refractivity contribution in [2.45, 2.75) is 25.0 Å². The van der Waals surface area contributed by atoms with E-state index in [4.69, 9.17) is 9.47 Å². The number of hydrogen-bond acceptors (Lipinski definition) is 4. The largest absolute Gasteiger partial charge is 0.493 e. The summed E-state index contributed by atoms with van der Waals surface area (Å²) >= 11 is 0. The highest BCUT2D eigenvalue weighted by Crippen LogP contribution is 2.31. The van der Waals surface area contributed by atoms with Crippen LogP contribution in [0.15, 0.2) is 18.2 Å². The van der Waals surface area contributed by atoms with Gasteiger partial charge in [-0.25, -0.2) is 0 Å². The predicted octanol–water partition coefficient (Wildman–Crippen LogP) is 1.05. The SMILES string of the molecule is CN1C[C@@]2(CCN(Cc3ccc4c(c3)CCO4)C2)OCC1=O. The van der Waals surface area contributed by atoms with Crippen molar-refractivity contribution in [1.29, 1.82) is 0 Å². The van der Waals surface area contributed by atoms with Crippen LogP contribution < -0.4 is 4.74 Å². The molecule has 0 radical (unpaired) electrons. The summed E-state index contributed by atoms with van der Waals surface area (Å²) in [5.74, 6) is 1.13. The molecule has 4 rings (SSSR count). The van der Waals surface area contributed by atoms with Gasteiger partial charge in [0.2, 0.25) is 5.91 Å². The van der Waals surface area contributed by atoms with E-state index in [-0.39, 0.29) is 18.1 Å². The molecule has 3 heterocycles. The lowest BCUT2D eigenvalue weighted by molar-refractivity contribution is -0.159. The van der Waals surface area contributed by atoms with Gasteiger partial charge in [-0.2, -0.15) is 0 Å². The quantitative estimate of drug-likeness (QED) is 0.819. The monoisotopic (exact) mass is 302 g/mol. The third-order valence-electron chi connectivity index (χ3n) is 5.01. The molecule has 0 aliphatic carbocycles. The Kier molecular flexibility index (Phi) is 3.35. The smallest absolute Gasteiger partial charge is 0.248 e. The van der Waals surface area contributed by atoms with Gasteiger partial charge in [-0.1, -0.05) is 12.1 Å². The van der Waals surface area contributed by atoms with Gasteiger partial charge in [-0.15, -0.1) is 0 Å². The second kappa shape index (κ2) is 5.25. The number of likely N-dealkylation sites (tertiary alicyclic amines) is 1. The second-order valence-corrected chi connectivity index (χ2v) is 6.72. The molecule has 5 heteroatoms. The van der Waals surface area contributed by atoms with Gasteiger partial charge in [0.15, 0.2) is 0 Å². The van der Waals surface area contributed by atoms with E-state index in [9.17, 15) is 4.79 Å². The Balaban J connectivity index is 1.42. The summed E-state index contributed by atoms with van der Waals surface area (Å²) in [5, 5.41) is 0. The minimum absolute atomic E-state index is 0.0858. The molecule has 0 saturated carbocycles. The van der Waals surface area contributed by atoms with Crippen LogP contribution in [0.5, 0.6) is 5.75 Å². The minimum Gasteiger partial charge on any atom is -0.493 e. The number of rotatable bonds is 2. The third-order valence-corrected chi connectivity index (χ3v) is 5.01. The first-order valence-electron chi connectivity index (χ1n) is 7.98. The molecule has 3 aliphatic heterocycles. The minimum atomic E-state index is -0.164. The van der Waals surface area contributed by atoms with Crippen LogP contribution >= 0.6 is 0 Å². The molecule has 1 spiro atoms. The zero-order chi connectivity index (χ0) is 15.2. The highest BCUT2D eigenvalue weighted by molar-refractivity contribution is 5.78. The molecule has 1 amide bonds. The van der Waals surface area contributed by atoms with Gasteiger partial charge in [0, 0.05) is 33.1 Å². The molecule has 2 fully saturated rings. The number of fused-ring (bicyclic) bond motifs is 1. The van der Waals surface area contributed by atoms with E-state index in [0.717, 1.165) is 44.8 Å². The van der Waals surface area contributed by atoms with Crippen molar-refractivity contribution in [1.82, 2.24) is 9.80 Å². The van der Waals surface area contributed by atoms with E-state index in [1.165, 1.54) is 11.1 Å².